The lowest BCUT2D eigenvalue weighted by Gasteiger charge is -2.02. The van der Waals surface area contributed by atoms with E-state index in [1.54, 1.807) is 6.33 Å². The van der Waals surface area contributed by atoms with Crippen LogP contribution in [0.25, 0.3) is 0 Å². The Hall–Kier alpha value is -2.13. The first-order valence-corrected chi connectivity index (χ1v) is 5.29. The molecule has 0 aliphatic rings. The van der Waals surface area contributed by atoms with Gasteiger partial charge >= 0.3 is 0 Å². The normalized spacial score (nSPS) is 10.4. The van der Waals surface area contributed by atoms with E-state index < -0.39 is 0 Å². The van der Waals surface area contributed by atoms with Gasteiger partial charge in [-0.15, -0.1) is 10.2 Å². The number of aryl methyl sites for hydroxylation is 2. The van der Waals surface area contributed by atoms with Crippen molar-refractivity contribution in [1.29, 1.82) is 5.26 Å². The number of hydrogen-bond acceptors (Lipinski definition) is 4. The van der Waals surface area contributed by atoms with Gasteiger partial charge in [0, 0.05) is 26.8 Å². The van der Waals surface area contributed by atoms with Gasteiger partial charge in [-0.1, -0.05) is 0 Å². The second-order valence-corrected chi connectivity index (χ2v) is 3.92. The van der Waals surface area contributed by atoms with E-state index in [-0.39, 0.29) is 0 Å². The Kier molecular flexibility index (Phi) is 3.21. The van der Waals surface area contributed by atoms with Crippen LogP contribution in [0.15, 0.2) is 18.6 Å². The summed E-state index contributed by atoms with van der Waals surface area (Å²) in [4.78, 5) is 0. The standard InChI is InChI=1S/C11H14N6/c1-16-7-9(3-10(16)4-12)5-13-6-11-15-14-8-17(11)2/h3,7-8,13H,5-6H2,1-2H3. The van der Waals surface area contributed by atoms with Gasteiger partial charge in [-0.2, -0.15) is 5.26 Å². The summed E-state index contributed by atoms with van der Waals surface area (Å²) in [7, 11) is 3.78. The minimum absolute atomic E-state index is 0.660. The molecule has 2 aromatic rings. The molecule has 0 fully saturated rings. The van der Waals surface area contributed by atoms with E-state index in [0.29, 0.717) is 18.8 Å². The zero-order chi connectivity index (χ0) is 12.3. The molecule has 6 nitrogen and oxygen atoms in total. The highest BCUT2D eigenvalue weighted by molar-refractivity contribution is 5.28. The quantitative estimate of drug-likeness (QED) is 0.820. The van der Waals surface area contributed by atoms with Crippen molar-refractivity contribution in [2.24, 2.45) is 14.1 Å². The zero-order valence-corrected chi connectivity index (χ0v) is 9.88. The SMILES string of the molecule is Cn1cc(CNCc2nncn2C)cc1C#N. The Morgan fingerprint density at radius 1 is 1.35 bits per heavy atom. The van der Waals surface area contributed by atoms with Gasteiger partial charge in [-0.25, -0.2) is 0 Å². The summed E-state index contributed by atoms with van der Waals surface area (Å²) in [6.45, 7) is 1.37. The fourth-order valence-electron chi connectivity index (χ4n) is 1.63. The second-order valence-electron chi connectivity index (χ2n) is 3.92. The fourth-order valence-corrected chi connectivity index (χ4v) is 1.63. The molecule has 0 aliphatic heterocycles. The highest BCUT2D eigenvalue weighted by Crippen LogP contribution is 2.05. The summed E-state index contributed by atoms with van der Waals surface area (Å²) < 4.78 is 3.69. The summed E-state index contributed by atoms with van der Waals surface area (Å²) in [6.07, 6.45) is 3.62. The molecule has 0 aromatic carbocycles. The third kappa shape index (κ3) is 2.52. The lowest BCUT2D eigenvalue weighted by molar-refractivity contribution is 0.637. The summed E-state index contributed by atoms with van der Waals surface area (Å²) in [6, 6.07) is 4.02. The molecule has 0 saturated carbocycles. The van der Waals surface area contributed by atoms with Crippen molar-refractivity contribution in [2.45, 2.75) is 13.1 Å². The van der Waals surface area contributed by atoms with Gasteiger partial charge in [0.1, 0.15) is 23.9 Å². The summed E-state index contributed by atoms with van der Waals surface area (Å²) in [5.74, 6) is 0.890. The molecule has 0 bridgehead atoms. The van der Waals surface area contributed by atoms with E-state index >= 15 is 0 Å². The lowest BCUT2D eigenvalue weighted by Crippen LogP contribution is -2.15. The van der Waals surface area contributed by atoms with Crippen molar-refractivity contribution >= 4 is 0 Å². The van der Waals surface area contributed by atoms with Crippen LogP contribution < -0.4 is 5.32 Å². The van der Waals surface area contributed by atoms with E-state index in [1.165, 1.54) is 0 Å². The first-order valence-electron chi connectivity index (χ1n) is 5.29. The van der Waals surface area contributed by atoms with Crippen LogP contribution >= 0.6 is 0 Å². The Labute approximate surface area is 99.5 Å². The molecule has 1 N–H and O–H groups in total. The Balaban J connectivity index is 1.90. The van der Waals surface area contributed by atoms with Gasteiger partial charge in [-0.05, 0) is 11.6 Å². The molecule has 0 spiro atoms. The number of nitrogens with zero attached hydrogens (tertiary/aromatic N) is 5. The highest BCUT2D eigenvalue weighted by atomic mass is 15.3. The van der Waals surface area contributed by atoms with Crippen LogP contribution in [0.3, 0.4) is 0 Å². The Morgan fingerprint density at radius 3 is 2.76 bits per heavy atom. The van der Waals surface area contributed by atoms with Crippen molar-refractivity contribution in [3.8, 4) is 6.07 Å². The topological polar surface area (TPSA) is 71.5 Å². The van der Waals surface area contributed by atoms with Crippen molar-refractivity contribution in [1.82, 2.24) is 24.6 Å². The molecule has 2 heterocycles. The van der Waals surface area contributed by atoms with E-state index in [9.17, 15) is 0 Å². The predicted molar refractivity (Wildman–Crippen MR) is 61.7 cm³/mol. The number of nitrogens with one attached hydrogen (secondary N) is 1. The molecular weight excluding hydrogens is 216 g/mol. The van der Waals surface area contributed by atoms with Crippen LogP contribution in [0.5, 0.6) is 0 Å². The maximum atomic E-state index is 8.83. The van der Waals surface area contributed by atoms with Crippen LogP contribution in [-0.2, 0) is 27.2 Å². The van der Waals surface area contributed by atoms with Crippen molar-refractivity contribution in [2.75, 3.05) is 0 Å². The van der Waals surface area contributed by atoms with E-state index in [1.807, 2.05) is 35.5 Å². The van der Waals surface area contributed by atoms with Gasteiger partial charge < -0.3 is 14.5 Å². The predicted octanol–water partition coefficient (Wildman–Crippen LogP) is 0.315. The second kappa shape index (κ2) is 4.80. The smallest absolute Gasteiger partial charge is 0.146 e. The van der Waals surface area contributed by atoms with E-state index in [0.717, 1.165) is 11.4 Å². The fraction of sp³-hybridized carbons (Fsp3) is 0.364. The van der Waals surface area contributed by atoms with Crippen LogP contribution in [-0.4, -0.2) is 19.3 Å². The molecule has 17 heavy (non-hydrogen) atoms. The maximum Gasteiger partial charge on any atom is 0.146 e. The van der Waals surface area contributed by atoms with Crippen LogP contribution in [0.2, 0.25) is 0 Å². The number of rotatable bonds is 4. The maximum absolute atomic E-state index is 8.83. The lowest BCUT2D eigenvalue weighted by atomic mass is 10.3. The van der Waals surface area contributed by atoms with Crippen LogP contribution in [0, 0.1) is 11.3 Å². The van der Waals surface area contributed by atoms with Crippen LogP contribution in [0.4, 0.5) is 0 Å². The molecule has 0 saturated heterocycles. The Bertz CT molecular complexity index is 545. The largest absolute Gasteiger partial charge is 0.342 e. The molecule has 2 aromatic heterocycles. The molecule has 0 aliphatic carbocycles. The van der Waals surface area contributed by atoms with Crippen molar-refractivity contribution in [3.63, 3.8) is 0 Å². The van der Waals surface area contributed by atoms with Gasteiger partial charge in [-0.3, -0.25) is 0 Å². The first-order chi connectivity index (χ1) is 8.20. The summed E-state index contributed by atoms with van der Waals surface area (Å²) in [5, 5.41) is 19.9. The number of hydrogen-bond donors (Lipinski definition) is 1. The van der Waals surface area contributed by atoms with Gasteiger partial charge in [0.15, 0.2) is 0 Å². The zero-order valence-electron chi connectivity index (χ0n) is 9.88. The average molecular weight is 230 g/mol. The molecule has 2 rings (SSSR count). The first kappa shape index (κ1) is 11.4. The van der Waals surface area contributed by atoms with Crippen LogP contribution in [0.1, 0.15) is 17.1 Å². The minimum atomic E-state index is 0.660. The monoisotopic (exact) mass is 230 g/mol. The van der Waals surface area contributed by atoms with Gasteiger partial charge in [0.2, 0.25) is 0 Å². The average Bonchev–Trinajstić information content (AvgIpc) is 2.86. The molecule has 0 atom stereocenters. The Morgan fingerprint density at radius 2 is 2.18 bits per heavy atom. The van der Waals surface area contributed by atoms with Crippen molar-refractivity contribution in [3.05, 3.63) is 35.7 Å². The third-order valence-corrected chi connectivity index (χ3v) is 2.59. The van der Waals surface area contributed by atoms with Crippen molar-refractivity contribution < 1.29 is 0 Å². The molecule has 88 valence electrons. The molecule has 6 heteroatoms. The molecule has 0 unspecified atom stereocenters. The minimum Gasteiger partial charge on any atom is -0.342 e. The van der Waals surface area contributed by atoms with E-state index in [2.05, 4.69) is 21.6 Å². The number of nitriles is 1. The summed E-state index contributed by atoms with van der Waals surface area (Å²) >= 11 is 0. The highest BCUT2D eigenvalue weighted by Gasteiger charge is 2.03. The van der Waals surface area contributed by atoms with Gasteiger partial charge in [0.25, 0.3) is 0 Å². The third-order valence-electron chi connectivity index (χ3n) is 2.59. The van der Waals surface area contributed by atoms with Gasteiger partial charge in [0.05, 0.1) is 6.54 Å². The van der Waals surface area contributed by atoms with E-state index in [4.69, 9.17) is 5.26 Å². The molecule has 0 amide bonds. The number of aromatic nitrogens is 4. The molecular formula is C11H14N6. The molecule has 0 radical (unpaired) electrons. The summed E-state index contributed by atoms with van der Waals surface area (Å²) in [5.41, 5.74) is 1.76.